The zero-order chi connectivity index (χ0) is 20.2. The van der Waals surface area contributed by atoms with Crippen LogP contribution < -0.4 is 10.1 Å². The average molecular weight is 392 g/mol. The Kier molecular flexibility index (Phi) is 5.02. The third kappa shape index (κ3) is 4.29. The first-order valence-corrected chi connectivity index (χ1v) is 8.76. The van der Waals surface area contributed by atoms with Crippen LogP contribution in [-0.2, 0) is 6.54 Å². The van der Waals surface area contributed by atoms with E-state index < -0.39 is 5.91 Å². The normalized spacial score (nSPS) is 10.7. The zero-order valence-corrected chi connectivity index (χ0v) is 15.5. The number of methoxy groups -OCH3 is 1. The molecule has 2 heterocycles. The lowest BCUT2D eigenvalue weighted by Gasteiger charge is -2.01. The monoisotopic (exact) mass is 392 g/mol. The van der Waals surface area contributed by atoms with Crippen molar-refractivity contribution in [2.45, 2.75) is 6.54 Å². The number of hydrogen-bond acceptors (Lipinski definition) is 5. The molecular weight excluding hydrogens is 375 g/mol. The molecule has 0 aliphatic heterocycles. The van der Waals surface area contributed by atoms with Gasteiger partial charge in [0.25, 0.3) is 5.91 Å². The van der Waals surface area contributed by atoms with Crippen LogP contribution in [0.5, 0.6) is 5.75 Å². The third-order valence-electron chi connectivity index (χ3n) is 4.23. The molecule has 9 heteroatoms. The molecule has 0 saturated heterocycles. The van der Waals surface area contributed by atoms with Crippen molar-refractivity contribution in [2.75, 3.05) is 12.4 Å². The molecule has 2 N–H and O–H groups in total. The summed E-state index contributed by atoms with van der Waals surface area (Å²) in [6.45, 7) is 0.412. The lowest BCUT2D eigenvalue weighted by molar-refractivity contribution is 0.102. The summed E-state index contributed by atoms with van der Waals surface area (Å²) < 4.78 is 19.7. The van der Waals surface area contributed by atoms with E-state index >= 15 is 0 Å². The van der Waals surface area contributed by atoms with Gasteiger partial charge in [0.05, 0.1) is 19.3 Å². The highest BCUT2D eigenvalue weighted by Gasteiger charge is 2.13. The van der Waals surface area contributed by atoms with Gasteiger partial charge < -0.3 is 4.74 Å². The van der Waals surface area contributed by atoms with E-state index in [1.807, 2.05) is 24.3 Å². The number of carbonyl (C=O) groups is 1. The van der Waals surface area contributed by atoms with Gasteiger partial charge in [-0.25, -0.2) is 14.1 Å². The van der Waals surface area contributed by atoms with Crippen LogP contribution in [0.3, 0.4) is 0 Å². The van der Waals surface area contributed by atoms with E-state index in [2.05, 4.69) is 25.6 Å². The summed E-state index contributed by atoms with van der Waals surface area (Å²) in [6.07, 6.45) is 1.49. The molecule has 1 amide bonds. The van der Waals surface area contributed by atoms with E-state index in [9.17, 15) is 9.18 Å². The van der Waals surface area contributed by atoms with Crippen LogP contribution in [-0.4, -0.2) is 38.0 Å². The number of hydrogen-bond donors (Lipinski definition) is 2. The Bertz CT molecular complexity index is 1120. The Morgan fingerprint density at radius 1 is 1.17 bits per heavy atom. The molecule has 0 atom stereocenters. The van der Waals surface area contributed by atoms with Crippen molar-refractivity contribution in [3.8, 4) is 17.0 Å². The van der Waals surface area contributed by atoms with Crippen LogP contribution >= 0.6 is 0 Å². The Morgan fingerprint density at radius 3 is 2.66 bits per heavy atom. The van der Waals surface area contributed by atoms with Crippen molar-refractivity contribution < 1.29 is 13.9 Å². The van der Waals surface area contributed by atoms with Gasteiger partial charge in [0.15, 0.2) is 0 Å². The Balaban J connectivity index is 1.41. The Hall–Kier alpha value is -4.01. The molecule has 4 rings (SSSR count). The zero-order valence-electron chi connectivity index (χ0n) is 15.5. The number of amides is 1. The van der Waals surface area contributed by atoms with Crippen LogP contribution in [0.4, 0.5) is 10.3 Å². The van der Waals surface area contributed by atoms with Crippen LogP contribution in [0, 0.1) is 5.82 Å². The van der Waals surface area contributed by atoms with Gasteiger partial charge in [0, 0.05) is 5.56 Å². The number of ether oxygens (including phenoxy) is 1. The fraction of sp³-hybridized carbons (Fsp3) is 0.100. The van der Waals surface area contributed by atoms with Crippen molar-refractivity contribution in [3.05, 3.63) is 78.0 Å². The molecule has 0 fully saturated rings. The number of nitrogens with one attached hydrogen (secondary N) is 2. The van der Waals surface area contributed by atoms with Crippen LogP contribution in [0.15, 0.2) is 60.9 Å². The maximum atomic E-state index is 13.0. The van der Waals surface area contributed by atoms with Gasteiger partial charge in [0.1, 0.15) is 23.6 Å². The number of aromatic nitrogens is 5. The summed E-state index contributed by atoms with van der Waals surface area (Å²) in [5.41, 5.74) is 2.63. The quantitative estimate of drug-likeness (QED) is 0.525. The minimum atomic E-state index is -0.406. The summed E-state index contributed by atoms with van der Waals surface area (Å²) in [5.74, 6) is 0.202. The highest BCUT2D eigenvalue weighted by molar-refractivity contribution is 6.02. The Morgan fingerprint density at radius 2 is 1.93 bits per heavy atom. The lowest BCUT2D eigenvalue weighted by atomic mass is 10.1. The van der Waals surface area contributed by atoms with Gasteiger partial charge in [-0.2, -0.15) is 5.10 Å². The third-order valence-corrected chi connectivity index (χ3v) is 4.23. The first-order valence-electron chi connectivity index (χ1n) is 8.76. The molecule has 8 nitrogen and oxygen atoms in total. The first-order chi connectivity index (χ1) is 14.1. The number of carbonyl (C=O) groups excluding carboxylic acids is 1. The molecule has 0 saturated carbocycles. The molecule has 0 aliphatic rings. The molecule has 146 valence electrons. The van der Waals surface area contributed by atoms with Gasteiger partial charge in [-0.1, -0.05) is 12.1 Å². The number of halogens is 1. The topological polar surface area (TPSA) is 97.7 Å². The number of rotatable bonds is 6. The minimum absolute atomic E-state index is 0.165. The fourth-order valence-corrected chi connectivity index (χ4v) is 2.72. The predicted molar refractivity (Wildman–Crippen MR) is 104 cm³/mol. The molecule has 0 unspecified atom stereocenters. The summed E-state index contributed by atoms with van der Waals surface area (Å²) in [5, 5.41) is 13.7. The van der Waals surface area contributed by atoms with Gasteiger partial charge in [-0.3, -0.25) is 15.2 Å². The fourth-order valence-electron chi connectivity index (χ4n) is 2.72. The van der Waals surface area contributed by atoms with Gasteiger partial charge in [-0.15, -0.1) is 5.10 Å². The van der Waals surface area contributed by atoms with Crippen LogP contribution in [0.1, 0.15) is 16.1 Å². The molecule has 0 bridgehead atoms. The second-order valence-corrected chi connectivity index (χ2v) is 6.24. The van der Waals surface area contributed by atoms with E-state index in [0.29, 0.717) is 12.2 Å². The molecule has 4 aromatic rings. The second-order valence-electron chi connectivity index (χ2n) is 6.24. The van der Waals surface area contributed by atoms with E-state index in [1.54, 1.807) is 30.0 Å². The molecule has 0 aliphatic carbocycles. The first kappa shape index (κ1) is 18.4. The maximum absolute atomic E-state index is 13.0. The molecule has 0 radical (unpaired) electrons. The van der Waals surface area contributed by atoms with E-state index in [4.69, 9.17) is 4.74 Å². The van der Waals surface area contributed by atoms with E-state index in [-0.39, 0.29) is 17.5 Å². The van der Waals surface area contributed by atoms with Crippen molar-refractivity contribution in [1.29, 1.82) is 0 Å². The molecular formula is C20H17FN6O2. The highest BCUT2D eigenvalue weighted by atomic mass is 19.1. The van der Waals surface area contributed by atoms with Gasteiger partial charge in [0.2, 0.25) is 5.95 Å². The summed E-state index contributed by atoms with van der Waals surface area (Å²) >= 11 is 0. The predicted octanol–water partition coefficient (Wildman–Crippen LogP) is 3.12. The van der Waals surface area contributed by atoms with Crippen molar-refractivity contribution in [2.24, 2.45) is 0 Å². The number of H-pyrrole nitrogens is 1. The van der Waals surface area contributed by atoms with E-state index in [1.165, 1.54) is 18.5 Å². The van der Waals surface area contributed by atoms with Crippen molar-refractivity contribution in [3.63, 3.8) is 0 Å². The molecule has 0 spiro atoms. The summed E-state index contributed by atoms with van der Waals surface area (Å²) in [4.78, 5) is 16.5. The maximum Gasteiger partial charge on any atom is 0.276 e. The summed E-state index contributed by atoms with van der Waals surface area (Å²) in [6, 6.07) is 15.1. The van der Waals surface area contributed by atoms with Crippen LogP contribution in [0.2, 0.25) is 0 Å². The molecule has 2 aromatic heterocycles. The second kappa shape index (κ2) is 7.93. The van der Waals surface area contributed by atoms with Gasteiger partial charge in [-0.05, 0) is 48.0 Å². The van der Waals surface area contributed by atoms with Gasteiger partial charge >= 0.3 is 0 Å². The number of aromatic amines is 1. The molecule has 29 heavy (non-hydrogen) atoms. The SMILES string of the molecule is COc1ccc(-c2cc(C(=O)Nc3ncn(Cc4ccc(F)cc4)n3)[nH]n2)cc1. The van der Waals surface area contributed by atoms with Crippen LogP contribution in [0.25, 0.3) is 11.3 Å². The molecule has 2 aromatic carbocycles. The van der Waals surface area contributed by atoms with Crippen molar-refractivity contribution >= 4 is 11.9 Å². The number of benzene rings is 2. The van der Waals surface area contributed by atoms with Crippen molar-refractivity contribution in [1.82, 2.24) is 25.0 Å². The lowest BCUT2D eigenvalue weighted by Crippen LogP contribution is -2.14. The minimum Gasteiger partial charge on any atom is -0.497 e. The smallest absolute Gasteiger partial charge is 0.276 e. The largest absolute Gasteiger partial charge is 0.497 e. The van der Waals surface area contributed by atoms with E-state index in [0.717, 1.165) is 16.9 Å². The standard InChI is InChI=1S/C20H17FN6O2/c1-29-16-8-4-14(5-9-16)17-10-18(25-24-17)19(28)23-20-22-12-27(26-20)11-13-2-6-15(21)7-3-13/h2-10,12H,11H2,1H3,(H,24,25)(H,23,26,28). The average Bonchev–Trinajstić information content (AvgIpc) is 3.40. The number of nitrogens with zero attached hydrogens (tertiary/aromatic N) is 4. The number of anilines is 1. The Labute approximate surface area is 165 Å². The summed E-state index contributed by atoms with van der Waals surface area (Å²) in [7, 11) is 1.60. The highest BCUT2D eigenvalue weighted by Crippen LogP contribution is 2.21.